The maximum Gasteiger partial charge on any atom is 0.243 e. The van der Waals surface area contributed by atoms with Crippen molar-refractivity contribution in [1.82, 2.24) is 19.8 Å². The molecule has 4 rings (SSSR count). The molecule has 10 heteroatoms. The molecule has 0 aliphatic carbocycles. The average Bonchev–Trinajstić information content (AvgIpc) is 3.29. The SMILES string of the molecule is COc1ccc(CNC(=O)C2CCCN(S(=O)(=O)c3cc(-c4noc(C)n4)ccc3C)C2)cc1. The van der Waals surface area contributed by atoms with Gasteiger partial charge in [0.05, 0.1) is 17.9 Å². The van der Waals surface area contributed by atoms with Gasteiger partial charge in [0.1, 0.15) is 5.75 Å². The fourth-order valence-corrected chi connectivity index (χ4v) is 5.80. The van der Waals surface area contributed by atoms with Crippen molar-refractivity contribution in [3.05, 3.63) is 59.5 Å². The number of sulfonamides is 1. The highest BCUT2D eigenvalue weighted by Crippen LogP contribution is 2.29. The molecule has 1 amide bonds. The Morgan fingerprint density at radius 2 is 1.97 bits per heavy atom. The van der Waals surface area contributed by atoms with Crippen molar-refractivity contribution in [2.45, 2.75) is 38.1 Å². The van der Waals surface area contributed by atoms with E-state index in [0.29, 0.717) is 48.8 Å². The van der Waals surface area contributed by atoms with E-state index in [1.54, 1.807) is 39.2 Å². The zero-order valence-corrected chi connectivity index (χ0v) is 20.3. The van der Waals surface area contributed by atoms with Crippen molar-refractivity contribution in [1.29, 1.82) is 0 Å². The second kappa shape index (κ2) is 9.94. The summed E-state index contributed by atoms with van der Waals surface area (Å²) in [6, 6.07) is 12.5. The molecule has 3 aromatic rings. The quantitative estimate of drug-likeness (QED) is 0.548. The van der Waals surface area contributed by atoms with Crippen LogP contribution >= 0.6 is 0 Å². The number of amides is 1. The lowest BCUT2D eigenvalue weighted by Gasteiger charge is -2.31. The van der Waals surface area contributed by atoms with Crippen LogP contribution in [-0.4, -0.2) is 49.0 Å². The highest BCUT2D eigenvalue weighted by atomic mass is 32.2. The molecular formula is C24H28N4O5S. The molecule has 34 heavy (non-hydrogen) atoms. The lowest BCUT2D eigenvalue weighted by atomic mass is 9.99. The number of hydrogen-bond donors (Lipinski definition) is 1. The van der Waals surface area contributed by atoms with Crippen LogP contribution in [0.4, 0.5) is 0 Å². The van der Waals surface area contributed by atoms with E-state index in [2.05, 4.69) is 15.5 Å². The first-order valence-corrected chi connectivity index (χ1v) is 12.5. The number of nitrogens with zero attached hydrogens (tertiary/aromatic N) is 3. The molecule has 1 saturated heterocycles. The van der Waals surface area contributed by atoms with Gasteiger partial charge in [0.2, 0.25) is 27.6 Å². The second-order valence-corrected chi connectivity index (χ2v) is 10.3. The first kappa shape index (κ1) is 23.9. The molecule has 180 valence electrons. The first-order chi connectivity index (χ1) is 16.3. The van der Waals surface area contributed by atoms with Crippen LogP contribution in [0.2, 0.25) is 0 Å². The summed E-state index contributed by atoms with van der Waals surface area (Å²) < 4.78 is 38.6. The van der Waals surface area contributed by atoms with E-state index in [4.69, 9.17) is 9.26 Å². The molecule has 2 heterocycles. The highest BCUT2D eigenvalue weighted by molar-refractivity contribution is 7.89. The molecule has 0 bridgehead atoms. The topological polar surface area (TPSA) is 115 Å². The summed E-state index contributed by atoms with van der Waals surface area (Å²) in [5.74, 6) is 0.925. The molecule has 0 spiro atoms. The molecule has 0 radical (unpaired) electrons. The summed E-state index contributed by atoms with van der Waals surface area (Å²) in [5.41, 5.74) is 2.13. The molecule has 1 aliphatic rings. The van der Waals surface area contributed by atoms with E-state index >= 15 is 0 Å². The van der Waals surface area contributed by atoms with E-state index in [0.717, 1.165) is 11.3 Å². The lowest BCUT2D eigenvalue weighted by Crippen LogP contribution is -2.45. The Morgan fingerprint density at radius 3 is 2.65 bits per heavy atom. The summed E-state index contributed by atoms with van der Waals surface area (Å²) in [6.07, 6.45) is 1.25. The van der Waals surface area contributed by atoms with Gasteiger partial charge in [-0.1, -0.05) is 29.4 Å². The molecule has 1 aliphatic heterocycles. The minimum atomic E-state index is -3.80. The number of methoxy groups -OCH3 is 1. The molecule has 1 N–H and O–H groups in total. The number of benzene rings is 2. The Kier molecular flexibility index (Phi) is 6.99. The third-order valence-electron chi connectivity index (χ3n) is 5.97. The molecule has 2 aromatic carbocycles. The van der Waals surface area contributed by atoms with Gasteiger partial charge in [0.25, 0.3) is 0 Å². The van der Waals surface area contributed by atoms with Gasteiger partial charge < -0.3 is 14.6 Å². The van der Waals surface area contributed by atoms with Crippen LogP contribution in [0.3, 0.4) is 0 Å². The third kappa shape index (κ3) is 5.13. The van der Waals surface area contributed by atoms with Crippen molar-refractivity contribution >= 4 is 15.9 Å². The number of rotatable bonds is 7. The third-order valence-corrected chi connectivity index (χ3v) is 7.98. The molecule has 1 atom stereocenters. The van der Waals surface area contributed by atoms with Crippen LogP contribution in [0.15, 0.2) is 51.9 Å². The van der Waals surface area contributed by atoms with Crippen LogP contribution in [-0.2, 0) is 21.4 Å². The van der Waals surface area contributed by atoms with Gasteiger partial charge >= 0.3 is 0 Å². The van der Waals surface area contributed by atoms with Crippen molar-refractivity contribution < 1.29 is 22.5 Å². The van der Waals surface area contributed by atoms with Gasteiger partial charge in [-0.25, -0.2) is 8.42 Å². The van der Waals surface area contributed by atoms with Gasteiger partial charge in [0.15, 0.2) is 0 Å². The van der Waals surface area contributed by atoms with Gasteiger partial charge in [-0.3, -0.25) is 4.79 Å². The fraction of sp³-hybridized carbons (Fsp3) is 0.375. The number of carbonyl (C=O) groups excluding carboxylic acids is 1. The Morgan fingerprint density at radius 1 is 1.21 bits per heavy atom. The number of ether oxygens (including phenoxy) is 1. The normalized spacial score (nSPS) is 16.9. The van der Waals surface area contributed by atoms with Crippen molar-refractivity contribution in [3.63, 3.8) is 0 Å². The predicted octanol–water partition coefficient (Wildman–Crippen LogP) is 3.08. The van der Waals surface area contributed by atoms with E-state index < -0.39 is 15.9 Å². The summed E-state index contributed by atoms with van der Waals surface area (Å²) in [4.78, 5) is 17.2. The monoisotopic (exact) mass is 484 g/mol. The number of aryl methyl sites for hydroxylation is 2. The number of hydrogen-bond acceptors (Lipinski definition) is 7. The number of nitrogens with one attached hydrogen (secondary N) is 1. The van der Waals surface area contributed by atoms with Crippen LogP contribution < -0.4 is 10.1 Å². The van der Waals surface area contributed by atoms with Crippen LogP contribution in [0, 0.1) is 19.8 Å². The molecule has 1 aromatic heterocycles. The second-order valence-electron chi connectivity index (χ2n) is 8.39. The summed E-state index contributed by atoms with van der Waals surface area (Å²) >= 11 is 0. The van der Waals surface area contributed by atoms with Crippen LogP contribution in [0.1, 0.15) is 29.9 Å². The first-order valence-electron chi connectivity index (χ1n) is 11.1. The maximum atomic E-state index is 13.5. The smallest absolute Gasteiger partial charge is 0.243 e. The zero-order valence-electron chi connectivity index (χ0n) is 19.4. The number of aromatic nitrogens is 2. The van der Waals surface area contributed by atoms with Crippen molar-refractivity contribution in [2.24, 2.45) is 5.92 Å². The number of carbonyl (C=O) groups is 1. The molecule has 0 saturated carbocycles. The van der Waals surface area contributed by atoms with Gasteiger partial charge in [-0.05, 0) is 49.1 Å². The summed E-state index contributed by atoms with van der Waals surface area (Å²) in [6.45, 7) is 4.31. The molecular weight excluding hydrogens is 456 g/mol. The van der Waals surface area contributed by atoms with Crippen molar-refractivity contribution in [3.8, 4) is 17.1 Å². The zero-order chi connectivity index (χ0) is 24.3. The lowest BCUT2D eigenvalue weighted by molar-refractivity contribution is -0.126. The summed E-state index contributed by atoms with van der Waals surface area (Å²) in [7, 11) is -2.20. The fourth-order valence-electron chi connectivity index (χ4n) is 4.02. The predicted molar refractivity (Wildman–Crippen MR) is 126 cm³/mol. The molecule has 9 nitrogen and oxygen atoms in total. The van der Waals surface area contributed by atoms with E-state index in [-0.39, 0.29) is 17.3 Å². The van der Waals surface area contributed by atoms with Gasteiger partial charge in [0, 0.05) is 32.1 Å². The average molecular weight is 485 g/mol. The highest BCUT2D eigenvalue weighted by Gasteiger charge is 2.34. The standard InChI is InChI=1S/C24H28N4O5S/c1-16-6-9-19(23-26-17(2)33-27-23)13-22(16)34(30,31)28-12-4-5-20(15-28)24(29)25-14-18-7-10-21(32-3)11-8-18/h6-11,13,20H,4-5,12,14-15H2,1-3H3,(H,25,29). The van der Waals surface area contributed by atoms with Gasteiger partial charge in [-0.2, -0.15) is 9.29 Å². The minimum absolute atomic E-state index is 0.141. The van der Waals surface area contributed by atoms with Crippen LogP contribution in [0.5, 0.6) is 5.75 Å². The van der Waals surface area contributed by atoms with Crippen LogP contribution in [0.25, 0.3) is 11.4 Å². The Labute approximate surface area is 199 Å². The van der Waals surface area contributed by atoms with Crippen molar-refractivity contribution in [2.75, 3.05) is 20.2 Å². The molecule has 1 unspecified atom stereocenters. The Hall–Kier alpha value is -3.24. The van der Waals surface area contributed by atoms with E-state index in [1.807, 2.05) is 24.3 Å². The molecule has 1 fully saturated rings. The van der Waals surface area contributed by atoms with E-state index in [1.165, 1.54) is 4.31 Å². The Bertz CT molecular complexity index is 1270. The largest absolute Gasteiger partial charge is 0.497 e. The summed E-state index contributed by atoms with van der Waals surface area (Å²) in [5, 5.41) is 6.82. The minimum Gasteiger partial charge on any atom is -0.497 e. The number of piperidine rings is 1. The van der Waals surface area contributed by atoms with E-state index in [9.17, 15) is 13.2 Å². The Balaban J connectivity index is 1.47. The maximum absolute atomic E-state index is 13.5. The van der Waals surface area contributed by atoms with Gasteiger partial charge in [-0.15, -0.1) is 0 Å².